The number of anilines is 2. The van der Waals surface area contributed by atoms with Crippen molar-refractivity contribution >= 4 is 34.8 Å². The number of rotatable bonds is 7. The summed E-state index contributed by atoms with van der Waals surface area (Å²) < 4.78 is 0. The van der Waals surface area contributed by atoms with Gasteiger partial charge in [0.15, 0.2) is 17.3 Å². The number of carbonyl (C=O) groups is 4. The predicted molar refractivity (Wildman–Crippen MR) is 160 cm³/mol. The van der Waals surface area contributed by atoms with Crippen LogP contribution in [0.25, 0.3) is 0 Å². The van der Waals surface area contributed by atoms with E-state index in [1.165, 1.54) is 0 Å². The summed E-state index contributed by atoms with van der Waals surface area (Å²) in [5.41, 5.74) is 6.14. The number of primary amides is 1. The Bertz CT molecular complexity index is 1460. The molecule has 0 bridgehead atoms. The normalized spacial score (nSPS) is 27.3. The number of fused-ring (bicyclic) bond motifs is 3. The van der Waals surface area contributed by atoms with Crippen molar-refractivity contribution in [1.82, 2.24) is 9.80 Å². The molecule has 1 fully saturated rings. The average molecular weight is 596 g/mol. The minimum Gasteiger partial charge on any atom is -0.511 e. The maximum Gasteiger partial charge on any atom is 0.255 e. The van der Waals surface area contributed by atoms with Gasteiger partial charge in [0.25, 0.3) is 5.91 Å². The van der Waals surface area contributed by atoms with Crippen LogP contribution >= 0.6 is 0 Å². The molecule has 6 N–H and O–H groups in total. The SMILES string of the molecule is CCCN1CCC[C@H]1C(=O)Nc1cc(N(C)C)c2c(c1O)C(=O)C1=C(O)C3C(=O)C(C(N)=O)=C(O)[C@@H](N(C)C)[C@@H]3C[C@@H]1C2. The number of Topliss-reactive ketones (excluding diaryl/α,β-unsaturated/α-hetero) is 2. The lowest BCUT2D eigenvalue weighted by molar-refractivity contribution is -0.127. The highest BCUT2D eigenvalue weighted by Gasteiger charge is 2.54. The first-order valence-corrected chi connectivity index (χ1v) is 14.8. The van der Waals surface area contributed by atoms with Gasteiger partial charge in [-0.1, -0.05) is 6.92 Å². The molecule has 5 atom stereocenters. The third-order valence-corrected chi connectivity index (χ3v) is 9.46. The van der Waals surface area contributed by atoms with Crippen LogP contribution in [-0.4, -0.2) is 102 Å². The van der Waals surface area contributed by atoms with E-state index in [4.69, 9.17) is 5.73 Å². The zero-order valence-corrected chi connectivity index (χ0v) is 25.3. The molecule has 232 valence electrons. The molecule has 5 rings (SSSR count). The Morgan fingerprint density at radius 1 is 1.12 bits per heavy atom. The predicted octanol–water partition coefficient (Wildman–Crippen LogP) is 1.88. The van der Waals surface area contributed by atoms with Crippen LogP contribution in [0.1, 0.15) is 48.5 Å². The third-order valence-electron chi connectivity index (χ3n) is 9.46. The molecule has 0 radical (unpaired) electrons. The highest BCUT2D eigenvalue weighted by molar-refractivity contribution is 6.22. The Morgan fingerprint density at radius 2 is 1.81 bits per heavy atom. The van der Waals surface area contributed by atoms with Gasteiger partial charge >= 0.3 is 0 Å². The van der Waals surface area contributed by atoms with E-state index < -0.39 is 64.1 Å². The Balaban J connectivity index is 1.59. The third kappa shape index (κ3) is 4.86. The number of nitrogens with two attached hydrogens (primary N) is 1. The second kappa shape index (κ2) is 11.3. The summed E-state index contributed by atoms with van der Waals surface area (Å²) in [6.07, 6.45) is 3.03. The van der Waals surface area contributed by atoms with E-state index in [2.05, 4.69) is 17.1 Å². The lowest BCUT2D eigenvalue weighted by Crippen LogP contribution is -2.53. The zero-order chi connectivity index (χ0) is 31.5. The largest absolute Gasteiger partial charge is 0.511 e. The lowest BCUT2D eigenvalue weighted by atomic mass is 9.61. The maximum atomic E-state index is 14.2. The first-order chi connectivity index (χ1) is 20.3. The highest BCUT2D eigenvalue weighted by Crippen LogP contribution is 2.52. The molecule has 12 nitrogen and oxygen atoms in total. The number of phenolic OH excluding ortho intramolecular Hbond substituents is 1. The number of aromatic hydroxyl groups is 1. The second-order valence-corrected chi connectivity index (χ2v) is 12.5. The summed E-state index contributed by atoms with van der Waals surface area (Å²) in [7, 11) is 6.99. The van der Waals surface area contributed by atoms with Crippen LogP contribution < -0.4 is 16.0 Å². The van der Waals surface area contributed by atoms with Crippen molar-refractivity contribution in [2.45, 2.75) is 51.1 Å². The second-order valence-electron chi connectivity index (χ2n) is 12.5. The van der Waals surface area contributed by atoms with E-state index in [0.29, 0.717) is 17.7 Å². The minimum absolute atomic E-state index is 0.00165. The number of hydrogen-bond acceptors (Lipinski definition) is 10. The molecule has 0 saturated carbocycles. The van der Waals surface area contributed by atoms with Gasteiger partial charge in [-0.25, -0.2) is 0 Å². The van der Waals surface area contributed by atoms with Crippen molar-refractivity contribution in [3.63, 3.8) is 0 Å². The summed E-state index contributed by atoms with van der Waals surface area (Å²) in [4.78, 5) is 58.7. The monoisotopic (exact) mass is 595 g/mol. The van der Waals surface area contributed by atoms with Crippen LogP contribution in [0, 0.1) is 17.8 Å². The lowest BCUT2D eigenvalue weighted by Gasteiger charge is -2.46. The Kier molecular flexibility index (Phi) is 8.03. The molecule has 1 saturated heterocycles. The van der Waals surface area contributed by atoms with Crippen molar-refractivity contribution in [3.05, 3.63) is 39.9 Å². The number of likely N-dealkylation sites (N-methyl/N-ethyl adjacent to an activating group) is 1. The smallest absolute Gasteiger partial charge is 0.255 e. The Labute approximate surface area is 250 Å². The quantitative estimate of drug-likeness (QED) is 0.231. The Morgan fingerprint density at radius 3 is 2.42 bits per heavy atom. The molecule has 1 aromatic carbocycles. The average Bonchev–Trinajstić information content (AvgIpc) is 3.37. The van der Waals surface area contributed by atoms with Gasteiger partial charge in [0.1, 0.15) is 17.1 Å². The first kappa shape index (κ1) is 30.6. The van der Waals surface area contributed by atoms with E-state index >= 15 is 0 Å². The van der Waals surface area contributed by atoms with Gasteiger partial charge < -0.3 is 31.3 Å². The van der Waals surface area contributed by atoms with Crippen LogP contribution in [0.3, 0.4) is 0 Å². The molecular formula is C31H41N5O7. The van der Waals surface area contributed by atoms with Gasteiger partial charge in [0.05, 0.1) is 29.3 Å². The topological polar surface area (TPSA) is 177 Å². The summed E-state index contributed by atoms with van der Waals surface area (Å²) in [5, 5.41) is 36.8. The summed E-state index contributed by atoms with van der Waals surface area (Å²) in [6, 6.07) is 0.540. The highest BCUT2D eigenvalue weighted by atomic mass is 16.3. The Hall–Kier alpha value is -3.90. The van der Waals surface area contributed by atoms with Gasteiger partial charge in [0, 0.05) is 25.4 Å². The molecule has 3 aliphatic carbocycles. The first-order valence-electron chi connectivity index (χ1n) is 14.8. The van der Waals surface area contributed by atoms with E-state index in [1.807, 2.05) is 0 Å². The number of aliphatic hydroxyl groups excluding tert-OH is 2. The van der Waals surface area contributed by atoms with Crippen LogP contribution in [0.5, 0.6) is 5.75 Å². The number of likely N-dealkylation sites (tertiary alicyclic amines) is 1. The number of amides is 2. The van der Waals surface area contributed by atoms with Gasteiger partial charge in [-0.3, -0.25) is 29.0 Å². The molecule has 0 spiro atoms. The summed E-state index contributed by atoms with van der Waals surface area (Å²) in [6.45, 7) is 3.65. The van der Waals surface area contributed by atoms with Crippen LogP contribution in [0.4, 0.5) is 11.4 Å². The number of allylic oxidation sites excluding steroid dienone is 2. The van der Waals surface area contributed by atoms with E-state index in [1.54, 1.807) is 44.1 Å². The number of phenols is 1. The van der Waals surface area contributed by atoms with Crippen LogP contribution in [-0.2, 0) is 20.8 Å². The summed E-state index contributed by atoms with van der Waals surface area (Å²) in [5.74, 6) is -6.53. The van der Waals surface area contributed by atoms with Crippen LogP contribution in [0.2, 0.25) is 0 Å². The number of carbonyl (C=O) groups excluding carboxylic acids is 4. The molecule has 4 aliphatic rings. The number of nitrogens with one attached hydrogen (secondary N) is 1. The minimum atomic E-state index is -1.26. The molecule has 2 amide bonds. The molecule has 1 heterocycles. The molecule has 0 aromatic heterocycles. The van der Waals surface area contributed by atoms with Crippen molar-refractivity contribution in [2.24, 2.45) is 23.5 Å². The van der Waals surface area contributed by atoms with Gasteiger partial charge in [-0.2, -0.15) is 0 Å². The van der Waals surface area contributed by atoms with Gasteiger partial charge in [-0.05, 0) is 82.8 Å². The fourth-order valence-corrected chi connectivity index (χ4v) is 7.70. The fourth-order valence-electron chi connectivity index (χ4n) is 7.70. The van der Waals surface area contributed by atoms with Crippen molar-refractivity contribution in [1.29, 1.82) is 0 Å². The summed E-state index contributed by atoms with van der Waals surface area (Å²) >= 11 is 0. The molecule has 43 heavy (non-hydrogen) atoms. The number of benzene rings is 1. The molecule has 1 aliphatic heterocycles. The molecule has 1 aromatic rings. The van der Waals surface area contributed by atoms with E-state index in [9.17, 15) is 34.5 Å². The van der Waals surface area contributed by atoms with Crippen LogP contribution in [0.15, 0.2) is 28.7 Å². The fraction of sp³-hybridized carbons (Fsp3) is 0.548. The number of hydrogen-bond donors (Lipinski definition) is 5. The molecule has 12 heteroatoms. The van der Waals surface area contributed by atoms with Crippen molar-refractivity contribution in [2.75, 3.05) is 51.5 Å². The van der Waals surface area contributed by atoms with Crippen molar-refractivity contribution in [3.8, 4) is 5.75 Å². The van der Waals surface area contributed by atoms with E-state index in [-0.39, 0.29) is 41.6 Å². The van der Waals surface area contributed by atoms with Gasteiger partial charge in [0.2, 0.25) is 5.91 Å². The zero-order valence-electron chi connectivity index (χ0n) is 25.3. The molecular weight excluding hydrogens is 554 g/mol. The standard InChI is InChI=1S/C31H41N5O7/c1-6-9-36-10-7-8-18(36)31(43)33-17-13-19(34(2)3)15-11-14-12-16-22(27(39)20(14)26(38)21(15)25(17)37)28(40)23(30(32)42)29(41)24(16)35(4)5/h13-14,16,18,22,24,37,39,41H,6-12H2,1-5H3,(H2,32,42)(H,33,43)/t14-,16+,18-,22?,24-/m0/s1. The van der Waals surface area contributed by atoms with E-state index in [0.717, 1.165) is 25.9 Å². The molecule has 1 unspecified atom stereocenters. The number of nitrogens with zero attached hydrogens (tertiary/aromatic N) is 3. The van der Waals surface area contributed by atoms with Gasteiger partial charge in [-0.15, -0.1) is 0 Å². The number of aliphatic hydroxyl groups is 2. The number of ketones is 2. The maximum absolute atomic E-state index is 14.2. The van der Waals surface area contributed by atoms with Crippen molar-refractivity contribution < 1.29 is 34.5 Å².